The summed E-state index contributed by atoms with van der Waals surface area (Å²) in [6, 6.07) is 12.4. The molecule has 0 radical (unpaired) electrons. The summed E-state index contributed by atoms with van der Waals surface area (Å²) in [7, 11) is 0. The molecule has 1 unspecified atom stereocenters. The number of benzene rings is 1. The lowest BCUT2D eigenvalue weighted by atomic mass is 10.1. The molecule has 20 heavy (non-hydrogen) atoms. The van der Waals surface area contributed by atoms with Crippen LogP contribution in [0.5, 0.6) is 5.75 Å². The molecule has 0 aliphatic heterocycles. The highest BCUT2D eigenvalue weighted by Gasteiger charge is 2.14. The fourth-order valence-electron chi connectivity index (χ4n) is 2.08. The summed E-state index contributed by atoms with van der Waals surface area (Å²) >= 11 is 7.60. The summed E-state index contributed by atoms with van der Waals surface area (Å²) < 4.78 is 6.11. The molecule has 1 aromatic carbocycles. The van der Waals surface area contributed by atoms with Gasteiger partial charge in [0.05, 0.1) is 0 Å². The van der Waals surface area contributed by atoms with Crippen molar-refractivity contribution in [3.8, 4) is 5.75 Å². The van der Waals surface area contributed by atoms with E-state index in [-0.39, 0.29) is 6.10 Å². The van der Waals surface area contributed by atoms with Crippen LogP contribution >= 0.6 is 22.9 Å². The van der Waals surface area contributed by atoms with Gasteiger partial charge in [-0.25, -0.2) is 0 Å². The number of hydrogen-bond acceptors (Lipinski definition) is 3. The van der Waals surface area contributed by atoms with Crippen molar-refractivity contribution < 1.29 is 4.74 Å². The van der Waals surface area contributed by atoms with Crippen LogP contribution in [-0.2, 0) is 6.42 Å². The second-order valence-electron chi connectivity index (χ2n) is 4.64. The van der Waals surface area contributed by atoms with Gasteiger partial charge >= 0.3 is 0 Å². The molecular weight excluding hydrogens is 290 g/mol. The predicted octanol–water partition coefficient (Wildman–Crippen LogP) is 4.39. The fourth-order valence-corrected chi connectivity index (χ4v) is 3.06. The number of hydrogen-bond donors (Lipinski definition) is 1. The van der Waals surface area contributed by atoms with Gasteiger partial charge in [0.1, 0.15) is 11.9 Å². The lowest BCUT2D eigenvalue weighted by molar-refractivity contribution is 0.206. The van der Waals surface area contributed by atoms with Gasteiger partial charge in [-0.05, 0) is 48.5 Å². The zero-order valence-corrected chi connectivity index (χ0v) is 13.0. The van der Waals surface area contributed by atoms with Crippen molar-refractivity contribution in [2.45, 2.75) is 25.4 Å². The number of rotatable bonds is 8. The second-order valence-corrected chi connectivity index (χ2v) is 6.00. The monoisotopic (exact) mass is 309 g/mol. The number of nitrogens with two attached hydrogens (primary N) is 1. The van der Waals surface area contributed by atoms with Gasteiger partial charge in [0.25, 0.3) is 0 Å². The highest BCUT2D eigenvalue weighted by Crippen LogP contribution is 2.29. The van der Waals surface area contributed by atoms with Crippen LogP contribution < -0.4 is 10.5 Å². The van der Waals surface area contributed by atoms with Crippen LogP contribution in [0.4, 0.5) is 0 Å². The van der Waals surface area contributed by atoms with Crippen LogP contribution in [0.15, 0.2) is 41.8 Å². The fraction of sp³-hybridized carbons (Fsp3) is 0.375. The Kier molecular flexibility index (Phi) is 6.37. The first-order chi connectivity index (χ1) is 9.83. The van der Waals surface area contributed by atoms with E-state index >= 15 is 0 Å². The third kappa shape index (κ3) is 4.51. The minimum atomic E-state index is 0.0391. The Morgan fingerprint density at radius 2 is 2.15 bits per heavy atom. The minimum absolute atomic E-state index is 0.0391. The third-order valence-electron chi connectivity index (χ3n) is 3.08. The van der Waals surface area contributed by atoms with Gasteiger partial charge in [-0.1, -0.05) is 18.2 Å². The van der Waals surface area contributed by atoms with Gasteiger partial charge in [0.2, 0.25) is 0 Å². The molecule has 2 aromatic rings. The van der Waals surface area contributed by atoms with Crippen LogP contribution in [0.3, 0.4) is 0 Å². The Morgan fingerprint density at radius 3 is 2.85 bits per heavy atom. The first kappa shape index (κ1) is 15.4. The molecule has 0 saturated heterocycles. The Bertz CT molecular complexity index is 501. The minimum Gasteiger partial charge on any atom is -0.485 e. The van der Waals surface area contributed by atoms with Crippen molar-refractivity contribution in [3.05, 3.63) is 52.2 Å². The molecule has 1 atom stereocenters. The average molecular weight is 310 g/mol. The van der Waals surface area contributed by atoms with Crippen LogP contribution in [-0.4, -0.2) is 12.4 Å². The smallest absolute Gasteiger partial charge is 0.134 e. The maximum Gasteiger partial charge on any atom is 0.134 e. The molecule has 0 fully saturated rings. The predicted molar refractivity (Wildman–Crippen MR) is 86.8 cm³/mol. The maximum atomic E-state index is 6.11. The highest BCUT2D eigenvalue weighted by atomic mass is 35.5. The Hall–Kier alpha value is -1.03. The van der Waals surface area contributed by atoms with Crippen molar-refractivity contribution in [2.24, 2.45) is 5.73 Å². The molecular formula is C16H20ClNOS. The molecule has 0 spiro atoms. The van der Waals surface area contributed by atoms with E-state index in [4.69, 9.17) is 22.1 Å². The molecule has 2 N–H and O–H groups in total. The molecule has 108 valence electrons. The number of thiophene rings is 1. The maximum absolute atomic E-state index is 6.11. The quantitative estimate of drug-likeness (QED) is 0.734. The molecule has 0 amide bonds. The SMILES string of the molecule is NCCCc1cccc(OC(CCCl)c2cccs2)c1. The first-order valence-corrected chi connectivity index (χ1v) is 8.30. The van der Waals surface area contributed by atoms with Gasteiger partial charge in [-0.3, -0.25) is 0 Å². The van der Waals surface area contributed by atoms with Crippen molar-refractivity contribution in [3.63, 3.8) is 0 Å². The molecule has 0 bridgehead atoms. The summed E-state index contributed by atoms with van der Waals surface area (Å²) in [6.45, 7) is 0.717. The van der Waals surface area contributed by atoms with E-state index in [0.29, 0.717) is 5.88 Å². The summed E-state index contributed by atoms with van der Waals surface area (Å²) in [5, 5.41) is 2.07. The number of ether oxygens (including phenoxy) is 1. The van der Waals surface area contributed by atoms with Gasteiger partial charge in [0, 0.05) is 17.2 Å². The topological polar surface area (TPSA) is 35.2 Å². The van der Waals surface area contributed by atoms with E-state index in [1.807, 2.05) is 18.2 Å². The number of alkyl halides is 1. The zero-order valence-electron chi connectivity index (χ0n) is 11.4. The van der Waals surface area contributed by atoms with Crippen LogP contribution in [0.2, 0.25) is 0 Å². The van der Waals surface area contributed by atoms with Crippen molar-refractivity contribution >= 4 is 22.9 Å². The number of aryl methyl sites for hydroxylation is 1. The standard InChI is InChI=1S/C16H20ClNOS/c17-9-8-15(16-7-3-11-20-16)19-14-6-1-4-13(12-14)5-2-10-18/h1,3-4,6-7,11-12,15H,2,5,8-10,18H2. The van der Waals surface area contributed by atoms with E-state index < -0.39 is 0 Å². The lowest BCUT2D eigenvalue weighted by Gasteiger charge is -2.17. The van der Waals surface area contributed by atoms with E-state index in [2.05, 4.69) is 23.6 Å². The van der Waals surface area contributed by atoms with Gasteiger partial charge < -0.3 is 10.5 Å². The van der Waals surface area contributed by atoms with Crippen molar-refractivity contribution in [2.75, 3.05) is 12.4 Å². The first-order valence-electron chi connectivity index (χ1n) is 6.88. The molecule has 4 heteroatoms. The van der Waals surface area contributed by atoms with Gasteiger partial charge in [0.15, 0.2) is 0 Å². The van der Waals surface area contributed by atoms with Gasteiger partial charge in [-0.2, -0.15) is 0 Å². The molecule has 0 aliphatic rings. The second kappa shape index (κ2) is 8.30. The van der Waals surface area contributed by atoms with Gasteiger partial charge in [-0.15, -0.1) is 22.9 Å². The zero-order chi connectivity index (χ0) is 14.2. The summed E-state index contributed by atoms with van der Waals surface area (Å²) in [5.74, 6) is 1.50. The Balaban J connectivity index is 2.06. The Labute approximate surface area is 129 Å². The molecule has 0 aliphatic carbocycles. The molecule has 1 heterocycles. The molecule has 2 rings (SSSR count). The summed E-state index contributed by atoms with van der Waals surface area (Å²) in [6.07, 6.45) is 2.85. The van der Waals surface area contributed by atoms with Crippen LogP contribution in [0.25, 0.3) is 0 Å². The number of halogens is 1. The van der Waals surface area contributed by atoms with Crippen molar-refractivity contribution in [1.29, 1.82) is 0 Å². The average Bonchev–Trinajstić information content (AvgIpc) is 2.99. The Morgan fingerprint density at radius 1 is 1.25 bits per heavy atom. The summed E-state index contributed by atoms with van der Waals surface area (Å²) in [5.41, 5.74) is 6.82. The summed E-state index contributed by atoms with van der Waals surface area (Å²) in [4.78, 5) is 1.22. The molecule has 2 nitrogen and oxygen atoms in total. The third-order valence-corrected chi connectivity index (χ3v) is 4.26. The van der Waals surface area contributed by atoms with E-state index in [1.165, 1.54) is 10.4 Å². The van der Waals surface area contributed by atoms with Crippen LogP contribution in [0.1, 0.15) is 29.4 Å². The van der Waals surface area contributed by atoms with Crippen molar-refractivity contribution in [1.82, 2.24) is 0 Å². The van der Waals surface area contributed by atoms with E-state index in [1.54, 1.807) is 11.3 Å². The lowest BCUT2D eigenvalue weighted by Crippen LogP contribution is -2.07. The van der Waals surface area contributed by atoms with Crippen LogP contribution in [0, 0.1) is 0 Å². The normalized spacial score (nSPS) is 12.3. The van der Waals surface area contributed by atoms with E-state index in [9.17, 15) is 0 Å². The molecule has 0 saturated carbocycles. The molecule has 1 aromatic heterocycles. The highest BCUT2D eigenvalue weighted by molar-refractivity contribution is 7.10. The van der Waals surface area contributed by atoms with E-state index in [0.717, 1.165) is 31.6 Å². The largest absolute Gasteiger partial charge is 0.485 e.